The monoisotopic (exact) mass is 301 g/mol. The van der Waals surface area contributed by atoms with Crippen LogP contribution in [0.1, 0.15) is 96.8 Å². The van der Waals surface area contributed by atoms with Gasteiger partial charge in [0, 0.05) is 0 Å². The number of rotatable bonds is 14. The van der Waals surface area contributed by atoms with Crippen molar-refractivity contribution in [3.63, 3.8) is 0 Å². The molecule has 0 aliphatic heterocycles. The van der Waals surface area contributed by atoms with Gasteiger partial charge in [0.2, 0.25) is 0 Å². The smallest absolute Gasteiger partial charge is 0.309 e. The number of hydrogen-bond donors (Lipinski definition) is 3. The topological polar surface area (TPSA) is 95.1 Å². The number of carbonyl (C=O) groups is 1. The first-order valence-corrected chi connectivity index (χ1v) is 8.90. The molecule has 0 atom stereocenters. The van der Waals surface area contributed by atoms with Gasteiger partial charge in [-0.05, 0) is 13.0 Å². The second kappa shape index (κ2) is 21.5. The molecule has 2 amide bonds. The van der Waals surface area contributed by atoms with Crippen molar-refractivity contribution in [3.8, 4) is 0 Å². The highest BCUT2D eigenvalue weighted by Gasteiger charge is 1.93. The van der Waals surface area contributed by atoms with Crippen LogP contribution < -0.4 is 17.2 Å². The third-order valence-electron chi connectivity index (χ3n) is 3.56. The Kier molecular flexibility index (Phi) is 23.1. The summed E-state index contributed by atoms with van der Waals surface area (Å²) in [5.41, 5.74) is 14.0. The van der Waals surface area contributed by atoms with Crippen molar-refractivity contribution < 1.29 is 4.79 Å². The first-order chi connectivity index (χ1) is 10.1. The molecule has 0 unspecified atom stereocenters. The van der Waals surface area contributed by atoms with E-state index in [0.717, 1.165) is 6.54 Å². The molecule has 4 heteroatoms. The largest absolute Gasteiger partial charge is 0.352 e. The van der Waals surface area contributed by atoms with Gasteiger partial charge in [-0.2, -0.15) is 0 Å². The van der Waals surface area contributed by atoms with E-state index < -0.39 is 6.03 Å². The summed E-state index contributed by atoms with van der Waals surface area (Å²) in [4.78, 5) is 9.00. The fraction of sp³-hybridized carbons (Fsp3) is 0.941. The van der Waals surface area contributed by atoms with E-state index in [1.807, 2.05) is 0 Å². The Balaban J connectivity index is 0. The van der Waals surface area contributed by atoms with Crippen LogP contribution in [0.3, 0.4) is 0 Å². The second-order valence-electron chi connectivity index (χ2n) is 5.79. The molecule has 0 bridgehead atoms. The van der Waals surface area contributed by atoms with Gasteiger partial charge in [0.1, 0.15) is 0 Å². The maximum atomic E-state index is 9.00. The van der Waals surface area contributed by atoms with E-state index in [4.69, 9.17) is 10.5 Å². The Morgan fingerprint density at radius 3 is 1.10 bits per heavy atom. The molecule has 0 rings (SSSR count). The fourth-order valence-electron chi connectivity index (χ4n) is 2.34. The van der Waals surface area contributed by atoms with Crippen molar-refractivity contribution in [2.75, 3.05) is 6.54 Å². The van der Waals surface area contributed by atoms with Crippen LogP contribution in [-0.2, 0) is 0 Å². The number of amides is 2. The number of unbranched alkanes of at least 4 members (excludes halogenated alkanes) is 13. The summed E-state index contributed by atoms with van der Waals surface area (Å²) in [6.45, 7) is 3.16. The maximum Gasteiger partial charge on any atom is 0.309 e. The van der Waals surface area contributed by atoms with Gasteiger partial charge >= 0.3 is 6.03 Å². The van der Waals surface area contributed by atoms with Crippen molar-refractivity contribution >= 4 is 6.03 Å². The summed E-state index contributed by atoms with van der Waals surface area (Å²) in [6.07, 6.45) is 19.9. The summed E-state index contributed by atoms with van der Waals surface area (Å²) >= 11 is 0. The molecular weight excluding hydrogens is 262 g/mol. The SMILES string of the molecule is CCCCCCCCCCCCCCCCN.NC(N)=O. The Hall–Kier alpha value is -0.770. The zero-order valence-corrected chi connectivity index (χ0v) is 14.2. The van der Waals surface area contributed by atoms with Gasteiger partial charge in [0.15, 0.2) is 0 Å². The van der Waals surface area contributed by atoms with Crippen LogP contribution in [0.15, 0.2) is 0 Å². The first kappa shape index (κ1) is 22.5. The molecule has 0 fully saturated rings. The molecule has 0 heterocycles. The van der Waals surface area contributed by atoms with Crippen LogP contribution >= 0.6 is 0 Å². The minimum Gasteiger partial charge on any atom is -0.352 e. The van der Waals surface area contributed by atoms with Crippen molar-refractivity contribution in [2.24, 2.45) is 17.2 Å². The van der Waals surface area contributed by atoms with Gasteiger partial charge in [0.05, 0.1) is 0 Å². The lowest BCUT2D eigenvalue weighted by Gasteiger charge is -2.02. The van der Waals surface area contributed by atoms with Crippen LogP contribution in [0.25, 0.3) is 0 Å². The molecule has 21 heavy (non-hydrogen) atoms. The van der Waals surface area contributed by atoms with Gasteiger partial charge in [-0.1, -0.05) is 90.4 Å². The van der Waals surface area contributed by atoms with Crippen molar-refractivity contribution in [1.82, 2.24) is 0 Å². The van der Waals surface area contributed by atoms with Crippen molar-refractivity contribution in [3.05, 3.63) is 0 Å². The summed E-state index contributed by atoms with van der Waals surface area (Å²) in [6, 6.07) is -0.833. The maximum absolute atomic E-state index is 9.00. The summed E-state index contributed by atoms with van der Waals surface area (Å²) in [5.74, 6) is 0. The summed E-state index contributed by atoms with van der Waals surface area (Å²) in [5, 5.41) is 0. The molecule has 0 spiro atoms. The molecule has 0 aromatic heterocycles. The standard InChI is InChI=1S/C16H35N.CH4N2O/c1-2-3-4-5-6-7-8-9-10-11-12-13-14-15-16-17;2-1(3)4/h2-17H2,1H3;(H4,2,3,4). The Bertz CT molecular complexity index is 180. The highest BCUT2D eigenvalue weighted by molar-refractivity contribution is 5.69. The van der Waals surface area contributed by atoms with Crippen LogP contribution in [0.5, 0.6) is 0 Å². The summed E-state index contributed by atoms with van der Waals surface area (Å²) < 4.78 is 0. The molecule has 4 nitrogen and oxygen atoms in total. The Labute approximate surface area is 132 Å². The minimum absolute atomic E-state index is 0.833. The lowest BCUT2D eigenvalue weighted by molar-refractivity contribution is 0.256. The molecular formula is C17H39N3O. The molecule has 0 radical (unpaired) electrons. The number of urea groups is 1. The molecule has 0 aromatic rings. The average molecular weight is 302 g/mol. The number of primary amides is 2. The van der Waals surface area contributed by atoms with Gasteiger partial charge in [0.25, 0.3) is 0 Å². The normalized spacial score (nSPS) is 10.0. The second-order valence-corrected chi connectivity index (χ2v) is 5.79. The number of hydrogen-bond acceptors (Lipinski definition) is 2. The lowest BCUT2D eigenvalue weighted by atomic mass is 10.0. The third kappa shape index (κ3) is 32.6. The third-order valence-corrected chi connectivity index (χ3v) is 3.56. The number of carbonyl (C=O) groups excluding carboxylic acids is 1. The quantitative estimate of drug-likeness (QED) is 0.413. The van der Waals surface area contributed by atoms with E-state index >= 15 is 0 Å². The van der Waals surface area contributed by atoms with Crippen LogP contribution in [0.4, 0.5) is 4.79 Å². The molecule has 0 aliphatic carbocycles. The van der Waals surface area contributed by atoms with E-state index in [-0.39, 0.29) is 0 Å². The van der Waals surface area contributed by atoms with E-state index in [1.54, 1.807) is 0 Å². The molecule has 128 valence electrons. The van der Waals surface area contributed by atoms with E-state index in [2.05, 4.69) is 18.4 Å². The zero-order chi connectivity index (χ0) is 16.2. The lowest BCUT2D eigenvalue weighted by Crippen LogP contribution is -2.18. The molecule has 0 aliphatic rings. The van der Waals surface area contributed by atoms with E-state index in [0.29, 0.717) is 0 Å². The zero-order valence-electron chi connectivity index (χ0n) is 14.2. The van der Waals surface area contributed by atoms with Crippen LogP contribution in [-0.4, -0.2) is 12.6 Å². The molecule has 6 N–H and O–H groups in total. The highest BCUT2D eigenvalue weighted by atomic mass is 16.2. The Morgan fingerprint density at radius 2 is 0.857 bits per heavy atom. The fourth-order valence-corrected chi connectivity index (χ4v) is 2.34. The van der Waals surface area contributed by atoms with Gasteiger partial charge in [-0.15, -0.1) is 0 Å². The van der Waals surface area contributed by atoms with Gasteiger partial charge in [-0.3, -0.25) is 0 Å². The van der Waals surface area contributed by atoms with Crippen LogP contribution in [0.2, 0.25) is 0 Å². The predicted octanol–water partition coefficient (Wildman–Crippen LogP) is 4.45. The van der Waals surface area contributed by atoms with Gasteiger partial charge < -0.3 is 17.2 Å². The minimum atomic E-state index is -0.833. The van der Waals surface area contributed by atoms with Crippen molar-refractivity contribution in [1.29, 1.82) is 0 Å². The van der Waals surface area contributed by atoms with E-state index in [9.17, 15) is 0 Å². The predicted molar refractivity (Wildman–Crippen MR) is 93.1 cm³/mol. The molecule has 0 aromatic carbocycles. The summed E-state index contributed by atoms with van der Waals surface area (Å²) in [7, 11) is 0. The highest BCUT2D eigenvalue weighted by Crippen LogP contribution is 2.12. The number of nitrogens with two attached hydrogens (primary N) is 3. The molecule has 0 saturated heterocycles. The van der Waals surface area contributed by atoms with Gasteiger partial charge in [-0.25, -0.2) is 4.79 Å². The average Bonchev–Trinajstić information content (AvgIpc) is 2.43. The van der Waals surface area contributed by atoms with Crippen LogP contribution in [0, 0.1) is 0 Å². The van der Waals surface area contributed by atoms with E-state index in [1.165, 1.54) is 89.9 Å². The Morgan fingerprint density at radius 1 is 0.619 bits per heavy atom. The van der Waals surface area contributed by atoms with Crippen molar-refractivity contribution in [2.45, 2.75) is 96.8 Å². The molecule has 0 saturated carbocycles. The first-order valence-electron chi connectivity index (χ1n) is 8.90.